The zero-order valence-corrected chi connectivity index (χ0v) is 9.65. The molecule has 0 unspecified atom stereocenters. The first-order chi connectivity index (χ1) is 8.47. The quantitative estimate of drug-likeness (QED) is 0.314. The molecular formula is C10H7N3O4S. The van der Waals surface area contributed by atoms with Crippen LogP contribution >= 0.6 is 12.2 Å². The molecule has 18 heavy (non-hydrogen) atoms. The maximum absolute atomic E-state index is 11.4. The van der Waals surface area contributed by atoms with E-state index in [9.17, 15) is 20.0 Å². The van der Waals surface area contributed by atoms with Crippen molar-refractivity contribution in [1.82, 2.24) is 10.6 Å². The number of carbonyl (C=O) groups excluding carboxylic acids is 1. The van der Waals surface area contributed by atoms with Crippen molar-refractivity contribution in [3.05, 3.63) is 39.6 Å². The van der Waals surface area contributed by atoms with Crippen molar-refractivity contribution in [1.29, 1.82) is 0 Å². The molecule has 1 heterocycles. The summed E-state index contributed by atoms with van der Waals surface area (Å²) in [6.45, 7) is 0. The van der Waals surface area contributed by atoms with Gasteiger partial charge in [-0.25, -0.2) is 0 Å². The zero-order chi connectivity index (χ0) is 13.3. The molecule has 7 nitrogen and oxygen atoms in total. The first-order valence-electron chi connectivity index (χ1n) is 4.79. The fourth-order valence-corrected chi connectivity index (χ4v) is 1.61. The Hall–Kier alpha value is -2.48. The van der Waals surface area contributed by atoms with Gasteiger partial charge in [-0.2, -0.15) is 0 Å². The lowest BCUT2D eigenvalue weighted by molar-refractivity contribution is -0.384. The SMILES string of the molecule is O=C1NC(=S)NC1=Cc1cc([N+](=O)[O-])ccc1O. The number of benzene rings is 1. The van der Waals surface area contributed by atoms with E-state index in [4.69, 9.17) is 12.2 Å². The maximum atomic E-state index is 11.4. The van der Waals surface area contributed by atoms with Gasteiger partial charge in [0.15, 0.2) is 5.11 Å². The van der Waals surface area contributed by atoms with E-state index in [1.54, 1.807) is 0 Å². The van der Waals surface area contributed by atoms with Crippen LogP contribution in [0.25, 0.3) is 6.08 Å². The van der Waals surface area contributed by atoms with Gasteiger partial charge < -0.3 is 10.4 Å². The number of phenols is 1. The minimum absolute atomic E-state index is 0.121. The molecule has 0 radical (unpaired) electrons. The molecule has 1 fully saturated rings. The Morgan fingerprint density at radius 2 is 2.11 bits per heavy atom. The highest BCUT2D eigenvalue weighted by atomic mass is 32.1. The van der Waals surface area contributed by atoms with Crippen LogP contribution < -0.4 is 10.6 Å². The number of thiocarbonyl (C=S) groups is 1. The topological polar surface area (TPSA) is 104 Å². The first-order valence-corrected chi connectivity index (χ1v) is 5.19. The summed E-state index contributed by atoms with van der Waals surface area (Å²) in [6, 6.07) is 3.53. The first kappa shape index (κ1) is 12.0. The van der Waals surface area contributed by atoms with Gasteiger partial charge in [0.05, 0.1) is 4.92 Å². The van der Waals surface area contributed by atoms with Gasteiger partial charge in [-0.15, -0.1) is 0 Å². The second kappa shape index (κ2) is 4.41. The molecule has 0 saturated carbocycles. The number of nitrogens with zero attached hydrogens (tertiary/aromatic N) is 1. The van der Waals surface area contributed by atoms with E-state index in [0.29, 0.717) is 0 Å². The van der Waals surface area contributed by atoms with E-state index in [1.807, 2.05) is 0 Å². The standard InChI is InChI=1S/C10H7N3O4S/c14-8-2-1-6(13(16)17)3-5(8)4-7-9(15)12-10(18)11-7/h1-4,14H,(H2,11,12,15,18). The van der Waals surface area contributed by atoms with Crippen molar-refractivity contribution in [2.45, 2.75) is 0 Å². The van der Waals surface area contributed by atoms with Gasteiger partial charge in [-0.05, 0) is 24.4 Å². The summed E-state index contributed by atoms with van der Waals surface area (Å²) in [4.78, 5) is 21.4. The highest BCUT2D eigenvalue weighted by molar-refractivity contribution is 7.80. The molecule has 0 atom stereocenters. The molecule has 1 aromatic carbocycles. The lowest BCUT2D eigenvalue weighted by atomic mass is 10.1. The van der Waals surface area contributed by atoms with Crippen LogP contribution in [-0.4, -0.2) is 21.0 Å². The number of hydrogen-bond donors (Lipinski definition) is 3. The number of amides is 1. The number of aromatic hydroxyl groups is 1. The summed E-state index contributed by atoms with van der Waals surface area (Å²) < 4.78 is 0. The van der Waals surface area contributed by atoms with Crippen LogP contribution in [0.4, 0.5) is 5.69 Å². The molecule has 2 rings (SSSR count). The third kappa shape index (κ3) is 2.28. The molecule has 3 N–H and O–H groups in total. The minimum Gasteiger partial charge on any atom is -0.507 e. The van der Waals surface area contributed by atoms with E-state index in [2.05, 4.69) is 10.6 Å². The highest BCUT2D eigenvalue weighted by Crippen LogP contribution is 2.25. The van der Waals surface area contributed by atoms with E-state index in [-0.39, 0.29) is 27.8 Å². The second-order valence-electron chi connectivity index (χ2n) is 3.47. The van der Waals surface area contributed by atoms with Gasteiger partial charge in [0.1, 0.15) is 11.4 Å². The van der Waals surface area contributed by atoms with Crippen LogP contribution in [0.5, 0.6) is 5.75 Å². The van der Waals surface area contributed by atoms with E-state index < -0.39 is 10.8 Å². The number of nitro groups is 1. The van der Waals surface area contributed by atoms with Gasteiger partial charge in [0, 0.05) is 17.7 Å². The molecule has 1 aliphatic heterocycles. The van der Waals surface area contributed by atoms with Gasteiger partial charge in [0.25, 0.3) is 11.6 Å². The number of non-ortho nitro benzene ring substituents is 1. The van der Waals surface area contributed by atoms with Crippen molar-refractivity contribution in [2.75, 3.05) is 0 Å². The molecule has 1 aromatic rings. The van der Waals surface area contributed by atoms with Crippen LogP contribution in [0.15, 0.2) is 23.9 Å². The molecule has 1 aliphatic rings. The largest absolute Gasteiger partial charge is 0.507 e. The second-order valence-corrected chi connectivity index (χ2v) is 3.87. The van der Waals surface area contributed by atoms with Crippen LogP contribution in [0.1, 0.15) is 5.56 Å². The Morgan fingerprint density at radius 3 is 2.67 bits per heavy atom. The average Bonchev–Trinajstić information content (AvgIpc) is 2.60. The molecule has 0 aromatic heterocycles. The monoisotopic (exact) mass is 265 g/mol. The Labute approximate surface area is 106 Å². The molecule has 1 amide bonds. The number of nitrogens with one attached hydrogen (secondary N) is 2. The Balaban J connectivity index is 2.42. The molecule has 8 heteroatoms. The third-order valence-electron chi connectivity index (χ3n) is 2.24. The smallest absolute Gasteiger partial charge is 0.273 e. The summed E-state index contributed by atoms with van der Waals surface area (Å²) in [5.74, 6) is -0.619. The van der Waals surface area contributed by atoms with Gasteiger partial charge in [-0.1, -0.05) is 0 Å². The van der Waals surface area contributed by atoms with E-state index >= 15 is 0 Å². The van der Waals surface area contributed by atoms with Crippen LogP contribution in [0, 0.1) is 10.1 Å². The fraction of sp³-hybridized carbons (Fsp3) is 0. The zero-order valence-electron chi connectivity index (χ0n) is 8.84. The molecule has 1 saturated heterocycles. The average molecular weight is 265 g/mol. The predicted octanol–water partition coefficient (Wildman–Crippen LogP) is 0.646. The summed E-state index contributed by atoms with van der Waals surface area (Å²) >= 11 is 4.73. The van der Waals surface area contributed by atoms with Crippen molar-refractivity contribution in [3.63, 3.8) is 0 Å². The normalized spacial score (nSPS) is 16.6. The Bertz CT molecular complexity index is 597. The maximum Gasteiger partial charge on any atom is 0.273 e. The third-order valence-corrected chi connectivity index (χ3v) is 2.45. The highest BCUT2D eigenvalue weighted by Gasteiger charge is 2.21. The summed E-state index contributed by atoms with van der Waals surface area (Å²) in [5, 5.41) is 25.2. The predicted molar refractivity (Wildman–Crippen MR) is 66.6 cm³/mol. The Morgan fingerprint density at radius 1 is 1.39 bits per heavy atom. The number of phenolic OH excluding ortho intramolecular Hbond substituents is 1. The van der Waals surface area contributed by atoms with Crippen molar-refractivity contribution in [3.8, 4) is 5.75 Å². The lowest BCUT2D eigenvalue weighted by Gasteiger charge is -2.00. The van der Waals surface area contributed by atoms with Crippen molar-refractivity contribution < 1.29 is 14.8 Å². The minimum atomic E-state index is -0.589. The van der Waals surface area contributed by atoms with E-state index in [1.165, 1.54) is 24.3 Å². The van der Waals surface area contributed by atoms with E-state index in [0.717, 1.165) is 0 Å². The van der Waals surface area contributed by atoms with Gasteiger partial charge in [-0.3, -0.25) is 20.2 Å². The van der Waals surface area contributed by atoms with Crippen molar-refractivity contribution in [2.24, 2.45) is 0 Å². The van der Waals surface area contributed by atoms with Crippen LogP contribution in [-0.2, 0) is 4.79 Å². The number of nitro benzene ring substituents is 1. The Kier molecular flexibility index (Phi) is 2.94. The van der Waals surface area contributed by atoms with Gasteiger partial charge >= 0.3 is 0 Å². The molecule has 92 valence electrons. The number of carbonyl (C=O) groups is 1. The molecule has 0 bridgehead atoms. The summed E-state index contributed by atoms with van der Waals surface area (Å²) in [6.07, 6.45) is 1.29. The van der Waals surface area contributed by atoms with Crippen molar-refractivity contribution >= 4 is 35.0 Å². The summed E-state index contributed by atoms with van der Waals surface area (Å²) in [5.41, 5.74) is 0.1000. The lowest BCUT2D eigenvalue weighted by Crippen LogP contribution is -2.21. The van der Waals surface area contributed by atoms with Crippen LogP contribution in [0.3, 0.4) is 0 Å². The number of hydrogen-bond acceptors (Lipinski definition) is 5. The molecule has 0 spiro atoms. The fourth-order valence-electron chi connectivity index (χ4n) is 1.41. The molecular weight excluding hydrogens is 258 g/mol. The van der Waals surface area contributed by atoms with Gasteiger partial charge in [0.2, 0.25) is 0 Å². The number of rotatable bonds is 2. The van der Waals surface area contributed by atoms with Crippen LogP contribution in [0.2, 0.25) is 0 Å². The summed E-state index contributed by atoms with van der Waals surface area (Å²) in [7, 11) is 0. The molecule has 0 aliphatic carbocycles.